The first-order valence-electron chi connectivity index (χ1n) is 8.28. The summed E-state index contributed by atoms with van der Waals surface area (Å²) in [6.07, 6.45) is 5.84. The van der Waals surface area contributed by atoms with Gasteiger partial charge in [0.1, 0.15) is 17.7 Å². The molecule has 0 amide bonds. The van der Waals surface area contributed by atoms with Crippen LogP contribution in [0.25, 0.3) is 11.1 Å². The largest absolute Gasteiger partial charge is 0.496 e. The molecular weight excluding hydrogens is 309 g/mol. The Kier molecular flexibility index (Phi) is 4.06. The maximum atomic E-state index is 13.5. The second-order valence-corrected chi connectivity index (χ2v) is 6.39. The van der Waals surface area contributed by atoms with Gasteiger partial charge in [-0.15, -0.1) is 0 Å². The topological polar surface area (TPSA) is 47.5 Å². The van der Waals surface area contributed by atoms with Crippen molar-refractivity contribution in [2.45, 2.75) is 18.9 Å². The molecule has 126 valence electrons. The zero-order valence-corrected chi connectivity index (χ0v) is 13.6. The average molecular weight is 329 g/mol. The molecule has 2 aromatic rings. The summed E-state index contributed by atoms with van der Waals surface area (Å²) < 4.78 is 24.8. The van der Waals surface area contributed by atoms with Crippen molar-refractivity contribution >= 4 is 0 Å². The molecule has 0 saturated carbocycles. The molecule has 1 aromatic heterocycles. The summed E-state index contributed by atoms with van der Waals surface area (Å²) in [7, 11) is 1.56. The number of ether oxygens (including phenoxy) is 2. The third-order valence-electron chi connectivity index (χ3n) is 4.95. The highest BCUT2D eigenvalue weighted by Crippen LogP contribution is 2.32. The van der Waals surface area contributed by atoms with Gasteiger partial charge in [0, 0.05) is 30.1 Å². The second kappa shape index (κ2) is 6.36. The van der Waals surface area contributed by atoms with Gasteiger partial charge in [-0.05, 0) is 50.0 Å². The van der Waals surface area contributed by atoms with E-state index in [1.807, 2.05) is 0 Å². The highest BCUT2D eigenvalue weighted by molar-refractivity contribution is 5.69. The molecule has 1 atom stereocenters. The number of hydrogen-bond acceptors (Lipinski definition) is 5. The van der Waals surface area contributed by atoms with Crippen molar-refractivity contribution < 1.29 is 13.9 Å². The number of benzene rings is 1. The molecule has 4 heterocycles. The molecule has 3 fully saturated rings. The molecule has 6 heteroatoms. The van der Waals surface area contributed by atoms with E-state index in [1.54, 1.807) is 25.6 Å². The molecule has 3 saturated heterocycles. The molecule has 1 aromatic carbocycles. The molecule has 0 aliphatic carbocycles. The molecular formula is C18H20FN3O2. The molecule has 24 heavy (non-hydrogen) atoms. The van der Waals surface area contributed by atoms with Crippen LogP contribution in [0.1, 0.15) is 12.8 Å². The lowest BCUT2D eigenvalue weighted by atomic mass is 9.86. The number of hydrogen-bond donors (Lipinski definition) is 0. The predicted octanol–water partition coefficient (Wildman–Crippen LogP) is 2.76. The molecule has 5 nitrogen and oxygen atoms in total. The number of rotatable bonds is 4. The summed E-state index contributed by atoms with van der Waals surface area (Å²) in [5, 5.41) is 0. The van der Waals surface area contributed by atoms with Gasteiger partial charge in [0.15, 0.2) is 0 Å². The lowest BCUT2D eigenvalue weighted by molar-refractivity contribution is -0.0123. The fourth-order valence-corrected chi connectivity index (χ4v) is 3.60. The van der Waals surface area contributed by atoms with Gasteiger partial charge < -0.3 is 9.47 Å². The summed E-state index contributed by atoms with van der Waals surface area (Å²) in [6.45, 7) is 3.29. The molecule has 3 aliphatic heterocycles. The second-order valence-electron chi connectivity index (χ2n) is 6.39. The van der Waals surface area contributed by atoms with Crippen molar-refractivity contribution in [3.05, 3.63) is 36.4 Å². The normalized spacial score (nSPS) is 25.5. The van der Waals surface area contributed by atoms with Crippen LogP contribution in [0, 0.1) is 11.7 Å². The molecule has 2 bridgehead atoms. The lowest BCUT2D eigenvalue weighted by Gasteiger charge is -2.43. The van der Waals surface area contributed by atoms with Crippen LogP contribution < -0.4 is 9.47 Å². The number of aromatic nitrogens is 2. The van der Waals surface area contributed by atoms with Gasteiger partial charge in [-0.3, -0.25) is 4.90 Å². The Morgan fingerprint density at radius 3 is 2.54 bits per heavy atom. The molecule has 0 radical (unpaired) electrons. The molecule has 0 N–H and O–H groups in total. The fourth-order valence-electron chi connectivity index (χ4n) is 3.60. The van der Waals surface area contributed by atoms with Gasteiger partial charge >= 0.3 is 6.01 Å². The van der Waals surface area contributed by atoms with E-state index in [0.29, 0.717) is 28.8 Å². The quantitative estimate of drug-likeness (QED) is 0.863. The van der Waals surface area contributed by atoms with E-state index < -0.39 is 0 Å². The summed E-state index contributed by atoms with van der Waals surface area (Å²) in [5.74, 6) is 0.867. The Hall–Kier alpha value is -2.21. The first kappa shape index (κ1) is 15.3. The van der Waals surface area contributed by atoms with E-state index >= 15 is 0 Å². The van der Waals surface area contributed by atoms with Crippen LogP contribution >= 0.6 is 0 Å². The fraction of sp³-hybridized carbons (Fsp3) is 0.444. The van der Waals surface area contributed by atoms with Crippen molar-refractivity contribution in [2.24, 2.45) is 5.92 Å². The Bertz CT molecular complexity index is 715. The molecule has 0 spiro atoms. The van der Waals surface area contributed by atoms with Gasteiger partial charge in [0.25, 0.3) is 0 Å². The van der Waals surface area contributed by atoms with Crippen molar-refractivity contribution in [3.63, 3.8) is 0 Å². The predicted molar refractivity (Wildman–Crippen MR) is 87.6 cm³/mol. The highest BCUT2D eigenvalue weighted by atomic mass is 19.1. The Labute approximate surface area is 140 Å². The minimum absolute atomic E-state index is 0.169. The number of methoxy groups -OCH3 is 1. The highest BCUT2D eigenvalue weighted by Gasteiger charge is 2.35. The summed E-state index contributed by atoms with van der Waals surface area (Å²) >= 11 is 0. The van der Waals surface area contributed by atoms with E-state index in [4.69, 9.17) is 9.47 Å². The van der Waals surface area contributed by atoms with E-state index in [-0.39, 0.29) is 11.9 Å². The number of fused-ring (bicyclic) bond motifs is 3. The third-order valence-corrected chi connectivity index (χ3v) is 4.95. The zero-order valence-electron chi connectivity index (χ0n) is 13.6. The van der Waals surface area contributed by atoms with Crippen LogP contribution in [0.3, 0.4) is 0 Å². The van der Waals surface area contributed by atoms with Crippen LogP contribution in [0.4, 0.5) is 4.39 Å². The third kappa shape index (κ3) is 2.94. The SMILES string of the molecule is COc1ccc(F)cc1-c1cnc(OC2CN3CCC2CC3)nc1. The lowest BCUT2D eigenvalue weighted by Crippen LogP contribution is -2.52. The minimum atomic E-state index is -0.321. The first-order chi connectivity index (χ1) is 11.7. The van der Waals surface area contributed by atoms with Crippen LogP contribution in [-0.4, -0.2) is 47.7 Å². The molecule has 5 rings (SSSR count). The van der Waals surface area contributed by atoms with E-state index in [1.165, 1.54) is 38.1 Å². The maximum Gasteiger partial charge on any atom is 0.316 e. The molecule has 3 aliphatic rings. The average Bonchev–Trinajstić information content (AvgIpc) is 2.63. The minimum Gasteiger partial charge on any atom is -0.496 e. The van der Waals surface area contributed by atoms with Gasteiger partial charge in [-0.1, -0.05) is 0 Å². The van der Waals surface area contributed by atoms with Gasteiger partial charge in [-0.25, -0.2) is 14.4 Å². The standard InChI is InChI=1S/C18H20FN3O2/c1-23-16-3-2-14(19)8-15(16)13-9-20-18(21-10-13)24-17-11-22-6-4-12(17)5-7-22/h2-3,8-10,12,17H,4-7,11H2,1H3. The number of nitrogens with zero attached hydrogens (tertiary/aromatic N) is 3. The van der Waals surface area contributed by atoms with Crippen molar-refractivity contribution in [2.75, 3.05) is 26.7 Å². The Morgan fingerprint density at radius 2 is 1.92 bits per heavy atom. The Balaban J connectivity index is 1.52. The van der Waals surface area contributed by atoms with Gasteiger partial charge in [-0.2, -0.15) is 0 Å². The zero-order chi connectivity index (χ0) is 16.5. The van der Waals surface area contributed by atoms with Gasteiger partial charge in [0.2, 0.25) is 0 Å². The molecule has 1 unspecified atom stereocenters. The van der Waals surface area contributed by atoms with Crippen molar-refractivity contribution in [1.29, 1.82) is 0 Å². The number of piperidine rings is 3. The maximum absolute atomic E-state index is 13.5. The number of halogens is 1. The van der Waals surface area contributed by atoms with Crippen molar-refractivity contribution in [1.82, 2.24) is 14.9 Å². The Morgan fingerprint density at radius 1 is 1.17 bits per heavy atom. The summed E-state index contributed by atoms with van der Waals surface area (Å²) in [4.78, 5) is 11.0. The van der Waals surface area contributed by atoms with Crippen LogP contribution in [0.2, 0.25) is 0 Å². The van der Waals surface area contributed by atoms with Crippen LogP contribution in [0.5, 0.6) is 11.8 Å². The van der Waals surface area contributed by atoms with Crippen LogP contribution in [0.15, 0.2) is 30.6 Å². The monoisotopic (exact) mass is 329 g/mol. The van der Waals surface area contributed by atoms with Crippen molar-refractivity contribution in [3.8, 4) is 22.9 Å². The summed E-state index contributed by atoms with van der Waals surface area (Å²) in [6, 6.07) is 4.77. The van der Waals surface area contributed by atoms with E-state index in [2.05, 4.69) is 14.9 Å². The summed E-state index contributed by atoms with van der Waals surface area (Å²) in [5.41, 5.74) is 1.33. The van der Waals surface area contributed by atoms with Crippen LogP contribution in [-0.2, 0) is 0 Å². The van der Waals surface area contributed by atoms with E-state index in [0.717, 1.165) is 6.54 Å². The van der Waals surface area contributed by atoms with Gasteiger partial charge in [0.05, 0.1) is 7.11 Å². The smallest absolute Gasteiger partial charge is 0.316 e. The van der Waals surface area contributed by atoms with E-state index in [9.17, 15) is 4.39 Å². The first-order valence-corrected chi connectivity index (χ1v) is 8.28.